The van der Waals surface area contributed by atoms with Crippen LogP contribution in [0.25, 0.3) is 0 Å². The molecule has 0 amide bonds. The molecule has 3 N–H and O–H groups in total. The van der Waals surface area contributed by atoms with Crippen LogP contribution in [0.1, 0.15) is 63.7 Å². The number of hydrogen-bond donors (Lipinski definition) is 3. The third-order valence-electron chi connectivity index (χ3n) is 4.48. The maximum absolute atomic E-state index is 12.6. The summed E-state index contributed by atoms with van der Waals surface area (Å²) in [4.78, 5) is 11.6. The minimum absolute atomic E-state index is 0.0454. The second-order valence-corrected chi connectivity index (χ2v) is 6.10. The zero-order valence-electron chi connectivity index (χ0n) is 15.6. The lowest BCUT2D eigenvalue weighted by Crippen LogP contribution is -2.34. The summed E-state index contributed by atoms with van der Waals surface area (Å²) >= 11 is 0. The Kier molecular flexibility index (Phi) is 10.5. The smallest absolute Gasteiger partial charge is 0.338 e. The lowest BCUT2D eigenvalue weighted by Gasteiger charge is -2.24. The largest absolute Gasteiger partial charge is 0.459 e. The fourth-order valence-electron chi connectivity index (χ4n) is 1.80. The molecule has 5 nitrogen and oxygen atoms in total. The highest BCUT2D eigenvalue weighted by atomic mass is 19.1. The molecule has 1 rings (SSSR count). The first-order valence-corrected chi connectivity index (χ1v) is 8.67. The van der Waals surface area contributed by atoms with Gasteiger partial charge in [0.1, 0.15) is 12.4 Å². The lowest BCUT2D eigenvalue weighted by molar-refractivity contribution is -0.0366. The number of rotatable bonds is 8. The van der Waals surface area contributed by atoms with Crippen molar-refractivity contribution in [3.63, 3.8) is 0 Å². The fourth-order valence-corrected chi connectivity index (χ4v) is 1.80. The molecular weight excluding hydrogens is 327 g/mol. The molecule has 144 valence electrons. The molecule has 0 spiro atoms. The Bertz CT molecular complexity index is 485. The Morgan fingerprint density at radius 3 is 1.72 bits per heavy atom. The number of ether oxygens (including phenoxy) is 1. The quantitative estimate of drug-likeness (QED) is 0.622. The highest BCUT2D eigenvalue weighted by molar-refractivity contribution is 5.89. The van der Waals surface area contributed by atoms with Gasteiger partial charge in [-0.05, 0) is 49.9 Å². The van der Waals surface area contributed by atoms with Crippen molar-refractivity contribution in [1.82, 2.24) is 0 Å². The molecule has 0 atom stereocenters. The molecule has 1 aromatic carbocycles. The van der Waals surface area contributed by atoms with Gasteiger partial charge in [0.2, 0.25) is 0 Å². The van der Waals surface area contributed by atoms with Gasteiger partial charge in [0.15, 0.2) is 0 Å². The van der Waals surface area contributed by atoms with E-state index in [2.05, 4.69) is 0 Å². The summed E-state index contributed by atoms with van der Waals surface area (Å²) < 4.78 is 17.6. The van der Waals surface area contributed by atoms with E-state index in [1.54, 1.807) is 0 Å². The molecule has 0 bridgehead atoms. The van der Waals surface area contributed by atoms with Gasteiger partial charge in [0.25, 0.3) is 0 Å². The summed E-state index contributed by atoms with van der Waals surface area (Å²) in [5, 5.41) is 27.7. The summed E-state index contributed by atoms with van der Waals surface area (Å²) in [6.45, 7) is 7.21. The molecule has 0 saturated carbocycles. The second-order valence-electron chi connectivity index (χ2n) is 6.10. The third-order valence-corrected chi connectivity index (χ3v) is 4.48. The van der Waals surface area contributed by atoms with Crippen molar-refractivity contribution in [3.05, 3.63) is 35.6 Å². The number of esters is 1. The number of aliphatic hydroxyl groups is 3. The first kappa shape index (κ1) is 23.5. The molecule has 0 saturated heterocycles. The Hall–Kier alpha value is -1.50. The van der Waals surface area contributed by atoms with Crippen LogP contribution in [0.2, 0.25) is 0 Å². The SMILES string of the molecule is CCC(O)(CC)CO.CCC(O)(CC)COC(=O)c1ccc(F)cc1. The number of carbonyl (C=O) groups excluding carboxylic acids is 1. The van der Waals surface area contributed by atoms with Crippen molar-refractivity contribution in [2.24, 2.45) is 0 Å². The van der Waals surface area contributed by atoms with E-state index in [1.165, 1.54) is 24.3 Å². The van der Waals surface area contributed by atoms with Gasteiger partial charge in [-0.15, -0.1) is 0 Å². The molecule has 1 aromatic rings. The minimum Gasteiger partial charge on any atom is -0.459 e. The molecule has 6 heteroatoms. The van der Waals surface area contributed by atoms with E-state index in [9.17, 15) is 19.4 Å². The van der Waals surface area contributed by atoms with Gasteiger partial charge in [0.05, 0.1) is 23.4 Å². The van der Waals surface area contributed by atoms with Gasteiger partial charge < -0.3 is 20.1 Å². The number of halogens is 1. The van der Waals surface area contributed by atoms with Crippen LogP contribution >= 0.6 is 0 Å². The number of carbonyl (C=O) groups is 1. The fraction of sp³-hybridized carbons (Fsp3) is 0.632. The minimum atomic E-state index is -0.976. The molecule has 0 fully saturated rings. The van der Waals surface area contributed by atoms with Gasteiger partial charge in [-0.1, -0.05) is 27.7 Å². The zero-order chi connectivity index (χ0) is 19.5. The maximum Gasteiger partial charge on any atom is 0.338 e. The monoisotopic (exact) mass is 358 g/mol. The number of hydrogen-bond acceptors (Lipinski definition) is 5. The first-order valence-electron chi connectivity index (χ1n) is 8.67. The van der Waals surface area contributed by atoms with Gasteiger partial charge in [-0.3, -0.25) is 0 Å². The summed E-state index contributed by atoms with van der Waals surface area (Å²) in [7, 11) is 0. The Morgan fingerprint density at radius 2 is 1.40 bits per heavy atom. The lowest BCUT2D eigenvalue weighted by atomic mass is 9.99. The van der Waals surface area contributed by atoms with Gasteiger partial charge in [-0.25, -0.2) is 9.18 Å². The average molecular weight is 358 g/mol. The molecule has 0 unspecified atom stereocenters. The number of benzene rings is 1. The van der Waals surface area contributed by atoms with Crippen molar-refractivity contribution in [2.45, 2.75) is 64.6 Å². The predicted octanol–water partition coefficient (Wildman–Crippen LogP) is 3.06. The Labute approximate surface area is 149 Å². The Morgan fingerprint density at radius 1 is 0.960 bits per heavy atom. The molecule has 0 aliphatic heterocycles. The van der Waals surface area contributed by atoms with E-state index in [0.717, 1.165) is 0 Å². The molecule has 0 heterocycles. The van der Waals surface area contributed by atoms with Crippen LogP contribution in [-0.2, 0) is 4.74 Å². The van der Waals surface area contributed by atoms with E-state index in [1.807, 2.05) is 27.7 Å². The van der Waals surface area contributed by atoms with E-state index in [4.69, 9.17) is 9.84 Å². The summed E-state index contributed by atoms with van der Waals surface area (Å²) in [6.07, 6.45) is 2.28. The van der Waals surface area contributed by atoms with Crippen LogP contribution in [0.4, 0.5) is 4.39 Å². The molecule has 0 aromatic heterocycles. The highest BCUT2D eigenvalue weighted by Crippen LogP contribution is 2.16. The standard InChI is InChI=1S/C13H17FO3.C6H14O2/c1-3-13(16,4-2)9-17-12(15)10-5-7-11(14)8-6-10;1-3-6(8,4-2)5-7/h5-8,16H,3-4,9H2,1-2H3;7-8H,3-5H2,1-2H3. The normalized spacial score (nSPS) is 11.5. The average Bonchev–Trinajstić information content (AvgIpc) is 2.66. The Balaban J connectivity index is 0.000000609. The van der Waals surface area contributed by atoms with Gasteiger partial charge >= 0.3 is 5.97 Å². The summed E-state index contributed by atoms with van der Waals surface area (Å²) in [6, 6.07) is 5.11. The molecule has 0 radical (unpaired) electrons. The molecule has 0 aliphatic rings. The van der Waals surface area contributed by atoms with Crippen molar-refractivity contribution in [2.75, 3.05) is 13.2 Å². The number of aliphatic hydroxyl groups excluding tert-OH is 1. The molecule has 0 aliphatic carbocycles. The molecular formula is C19H31FO5. The van der Waals surface area contributed by atoms with Crippen LogP contribution in [-0.4, -0.2) is 45.7 Å². The van der Waals surface area contributed by atoms with Crippen molar-refractivity contribution in [3.8, 4) is 0 Å². The van der Waals surface area contributed by atoms with Crippen molar-refractivity contribution < 1.29 is 29.2 Å². The predicted molar refractivity (Wildman–Crippen MR) is 94.8 cm³/mol. The van der Waals surface area contributed by atoms with Crippen molar-refractivity contribution >= 4 is 5.97 Å². The van der Waals surface area contributed by atoms with Gasteiger partial charge in [-0.2, -0.15) is 0 Å². The maximum atomic E-state index is 12.6. The van der Waals surface area contributed by atoms with E-state index < -0.39 is 23.0 Å². The van der Waals surface area contributed by atoms with E-state index >= 15 is 0 Å². The van der Waals surface area contributed by atoms with Crippen LogP contribution in [0.3, 0.4) is 0 Å². The topological polar surface area (TPSA) is 87.0 Å². The van der Waals surface area contributed by atoms with Crippen LogP contribution in [0.5, 0.6) is 0 Å². The van der Waals surface area contributed by atoms with E-state index in [0.29, 0.717) is 25.7 Å². The van der Waals surface area contributed by atoms with E-state index in [-0.39, 0.29) is 18.8 Å². The van der Waals surface area contributed by atoms with Crippen LogP contribution in [0.15, 0.2) is 24.3 Å². The molecule has 25 heavy (non-hydrogen) atoms. The first-order chi connectivity index (χ1) is 11.7. The van der Waals surface area contributed by atoms with Crippen molar-refractivity contribution in [1.29, 1.82) is 0 Å². The zero-order valence-corrected chi connectivity index (χ0v) is 15.6. The summed E-state index contributed by atoms with van der Waals surface area (Å²) in [5.41, 5.74) is -1.52. The second kappa shape index (κ2) is 11.2. The van der Waals surface area contributed by atoms with Gasteiger partial charge in [0, 0.05) is 0 Å². The third kappa shape index (κ3) is 8.43. The van der Waals surface area contributed by atoms with Crippen LogP contribution < -0.4 is 0 Å². The van der Waals surface area contributed by atoms with Crippen LogP contribution in [0, 0.1) is 5.82 Å². The highest BCUT2D eigenvalue weighted by Gasteiger charge is 2.24. The summed E-state index contributed by atoms with van der Waals surface area (Å²) in [5.74, 6) is -0.953.